The molecule has 2 atom stereocenters. The van der Waals surface area contributed by atoms with Crippen molar-refractivity contribution in [1.29, 1.82) is 0 Å². The summed E-state index contributed by atoms with van der Waals surface area (Å²) in [5.74, 6) is -0.331. The number of primary amides is 1. The molecule has 22 heavy (non-hydrogen) atoms. The van der Waals surface area contributed by atoms with Crippen LogP contribution in [0.2, 0.25) is 0 Å². The number of fused-ring (bicyclic) bond motifs is 1. The van der Waals surface area contributed by atoms with Gasteiger partial charge in [-0.2, -0.15) is 0 Å². The summed E-state index contributed by atoms with van der Waals surface area (Å²) < 4.78 is 0. The number of nitrogens with two attached hydrogens (primary N) is 2. The van der Waals surface area contributed by atoms with Crippen LogP contribution in [0.25, 0.3) is 10.8 Å². The molecule has 0 bridgehead atoms. The molecule has 2 unspecified atom stereocenters. The Balaban J connectivity index is 2.15. The van der Waals surface area contributed by atoms with Crippen LogP contribution in [0.5, 0.6) is 0 Å². The molecule has 6 heteroatoms. The first-order valence-corrected chi connectivity index (χ1v) is 7.06. The molecule has 6 N–H and O–H groups in total. The molecule has 0 radical (unpaired) electrons. The molecule has 0 aliphatic heterocycles. The van der Waals surface area contributed by atoms with Crippen molar-refractivity contribution in [3.8, 4) is 0 Å². The first-order valence-electron chi connectivity index (χ1n) is 7.06. The Morgan fingerprint density at radius 2 is 1.77 bits per heavy atom. The Labute approximate surface area is 128 Å². The van der Waals surface area contributed by atoms with Gasteiger partial charge in [-0.05, 0) is 29.3 Å². The molecule has 6 nitrogen and oxygen atoms in total. The number of benzene rings is 2. The molecule has 3 amide bonds. The van der Waals surface area contributed by atoms with Gasteiger partial charge in [0.15, 0.2) is 0 Å². The highest BCUT2D eigenvalue weighted by molar-refractivity contribution is 5.87. The molecular weight excluding hydrogens is 280 g/mol. The van der Waals surface area contributed by atoms with Gasteiger partial charge in [0.2, 0.25) is 5.91 Å². The standard InChI is InChI=1S/C16H20N4O2/c1-10(19-16(18)22)15(21)20-14(9-17)13-7-6-11-4-2-3-5-12(11)8-13/h2-8,10,14H,9,17H2,1H3,(H,20,21)(H3,18,19,22). The molecular formula is C16H20N4O2. The average molecular weight is 300 g/mol. The number of amides is 3. The second kappa shape index (κ2) is 6.91. The fraction of sp³-hybridized carbons (Fsp3) is 0.250. The summed E-state index contributed by atoms with van der Waals surface area (Å²) in [6.45, 7) is 1.82. The van der Waals surface area contributed by atoms with Crippen molar-refractivity contribution in [1.82, 2.24) is 10.6 Å². The van der Waals surface area contributed by atoms with Crippen LogP contribution < -0.4 is 22.1 Å². The van der Waals surface area contributed by atoms with Crippen LogP contribution >= 0.6 is 0 Å². The molecule has 2 aromatic rings. The van der Waals surface area contributed by atoms with Crippen LogP contribution in [0.15, 0.2) is 42.5 Å². The van der Waals surface area contributed by atoms with Crippen molar-refractivity contribution in [2.24, 2.45) is 11.5 Å². The molecule has 116 valence electrons. The molecule has 0 heterocycles. The molecule has 0 aromatic heterocycles. The van der Waals surface area contributed by atoms with E-state index in [9.17, 15) is 9.59 Å². The minimum Gasteiger partial charge on any atom is -0.352 e. The molecule has 0 aliphatic carbocycles. The number of hydrogen-bond acceptors (Lipinski definition) is 3. The van der Waals surface area contributed by atoms with Crippen LogP contribution in [-0.2, 0) is 4.79 Å². The van der Waals surface area contributed by atoms with Crippen molar-refractivity contribution < 1.29 is 9.59 Å². The molecule has 0 spiro atoms. The van der Waals surface area contributed by atoms with Gasteiger partial charge in [-0.1, -0.05) is 36.4 Å². The first-order chi connectivity index (χ1) is 10.5. The van der Waals surface area contributed by atoms with E-state index in [4.69, 9.17) is 11.5 Å². The van der Waals surface area contributed by atoms with E-state index in [1.165, 1.54) is 0 Å². The van der Waals surface area contributed by atoms with Gasteiger partial charge >= 0.3 is 6.03 Å². The largest absolute Gasteiger partial charge is 0.352 e. The minimum atomic E-state index is -0.738. The van der Waals surface area contributed by atoms with Gasteiger partial charge in [-0.25, -0.2) is 4.79 Å². The number of rotatable bonds is 5. The Morgan fingerprint density at radius 3 is 2.41 bits per heavy atom. The Bertz CT molecular complexity index is 687. The SMILES string of the molecule is CC(NC(N)=O)C(=O)NC(CN)c1ccc2ccccc2c1. The zero-order valence-electron chi connectivity index (χ0n) is 12.4. The van der Waals surface area contributed by atoms with Gasteiger partial charge in [-0.3, -0.25) is 4.79 Å². The van der Waals surface area contributed by atoms with Crippen molar-refractivity contribution >= 4 is 22.7 Å². The van der Waals surface area contributed by atoms with Crippen LogP contribution in [0.4, 0.5) is 4.79 Å². The summed E-state index contributed by atoms with van der Waals surface area (Å²) in [6, 6.07) is 12.1. The molecule has 0 aliphatic rings. The predicted molar refractivity (Wildman–Crippen MR) is 86.1 cm³/mol. The monoisotopic (exact) mass is 300 g/mol. The van der Waals surface area contributed by atoms with E-state index < -0.39 is 12.1 Å². The number of hydrogen-bond donors (Lipinski definition) is 4. The summed E-state index contributed by atoms with van der Waals surface area (Å²) in [5.41, 5.74) is 11.7. The Hall–Kier alpha value is -2.60. The lowest BCUT2D eigenvalue weighted by atomic mass is 10.0. The van der Waals surface area contributed by atoms with Gasteiger partial charge in [0.1, 0.15) is 6.04 Å². The predicted octanol–water partition coefficient (Wildman–Crippen LogP) is 1.01. The lowest BCUT2D eigenvalue weighted by Crippen LogP contribution is -2.48. The van der Waals surface area contributed by atoms with Gasteiger partial charge in [-0.15, -0.1) is 0 Å². The molecule has 2 rings (SSSR count). The summed E-state index contributed by atoms with van der Waals surface area (Å²) >= 11 is 0. The maximum absolute atomic E-state index is 12.0. The fourth-order valence-electron chi connectivity index (χ4n) is 2.28. The topological polar surface area (TPSA) is 110 Å². The van der Waals surface area contributed by atoms with Gasteiger partial charge in [0.05, 0.1) is 6.04 Å². The van der Waals surface area contributed by atoms with Crippen LogP contribution in [-0.4, -0.2) is 24.5 Å². The highest BCUT2D eigenvalue weighted by Gasteiger charge is 2.19. The number of urea groups is 1. The molecule has 0 saturated heterocycles. The van der Waals surface area contributed by atoms with Crippen LogP contribution in [0.1, 0.15) is 18.5 Å². The van der Waals surface area contributed by atoms with Gasteiger partial charge in [0, 0.05) is 6.54 Å². The number of nitrogens with one attached hydrogen (secondary N) is 2. The van der Waals surface area contributed by atoms with Gasteiger partial charge in [0.25, 0.3) is 0 Å². The summed E-state index contributed by atoms with van der Waals surface area (Å²) in [4.78, 5) is 22.8. The lowest BCUT2D eigenvalue weighted by Gasteiger charge is -2.20. The zero-order valence-corrected chi connectivity index (χ0v) is 12.4. The van der Waals surface area contributed by atoms with Crippen LogP contribution in [0, 0.1) is 0 Å². The highest BCUT2D eigenvalue weighted by Crippen LogP contribution is 2.20. The normalized spacial score (nSPS) is 13.4. The number of carbonyl (C=O) groups is 2. The van der Waals surface area contributed by atoms with E-state index in [-0.39, 0.29) is 18.5 Å². The third-order valence-corrected chi connectivity index (χ3v) is 3.48. The summed E-state index contributed by atoms with van der Waals surface area (Å²) in [5, 5.41) is 7.36. The van der Waals surface area contributed by atoms with E-state index in [0.29, 0.717) is 0 Å². The van der Waals surface area contributed by atoms with Crippen LogP contribution in [0.3, 0.4) is 0 Å². The van der Waals surface area contributed by atoms with Crippen molar-refractivity contribution in [3.05, 3.63) is 48.0 Å². The molecule has 2 aromatic carbocycles. The molecule has 0 saturated carbocycles. The van der Waals surface area contributed by atoms with Gasteiger partial charge < -0.3 is 22.1 Å². The van der Waals surface area contributed by atoms with E-state index in [1.54, 1.807) is 6.92 Å². The number of carbonyl (C=O) groups excluding carboxylic acids is 2. The summed E-state index contributed by atoms with van der Waals surface area (Å²) in [7, 11) is 0. The smallest absolute Gasteiger partial charge is 0.312 e. The second-order valence-corrected chi connectivity index (χ2v) is 5.13. The third kappa shape index (κ3) is 3.73. The first kappa shape index (κ1) is 15.8. The van der Waals surface area contributed by atoms with Crippen molar-refractivity contribution in [3.63, 3.8) is 0 Å². The zero-order chi connectivity index (χ0) is 16.1. The maximum Gasteiger partial charge on any atom is 0.312 e. The third-order valence-electron chi connectivity index (χ3n) is 3.48. The van der Waals surface area contributed by atoms with E-state index in [2.05, 4.69) is 10.6 Å². The second-order valence-electron chi connectivity index (χ2n) is 5.13. The quantitative estimate of drug-likeness (QED) is 0.661. The Kier molecular flexibility index (Phi) is 4.95. The van der Waals surface area contributed by atoms with E-state index >= 15 is 0 Å². The maximum atomic E-state index is 12.0. The minimum absolute atomic E-state index is 0.257. The Morgan fingerprint density at radius 1 is 1.09 bits per heavy atom. The van der Waals surface area contributed by atoms with E-state index in [0.717, 1.165) is 16.3 Å². The van der Waals surface area contributed by atoms with E-state index in [1.807, 2.05) is 42.5 Å². The average Bonchev–Trinajstić information content (AvgIpc) is 2.51. The fourth-order valence-corrected chi connectivity index (χ4v) is 2.28. The lowest BCUT2D eigenvalue weighted by molar-refractivity contribution is -0.123. The van der Waals surface area contributed by atoms with Crippen molar-refractivity contribution in [2.75, 3.05) is 6.54 Å². The van der Waals surface area contributed by atoms with Crippen molar-refractivity contribution in [2.45, 2.75) is 19.0 Å². The molecule has 0 fully saturated rings. The summed E-state index contributed by atoms with van der Waals surface area (Å²) in [6.07, 6.45) is 0. The highest BCUT2D eigenvalue weighted by atomic mass is 16.2.